The van der Waals surface area contributed by atoms with Crippen LogP contribution in [-0.4, -0.2) is 29.5 Å². The summed E-state index contributed by atoms with van der Waals surface area (Å²) in [5, 5.41) is 3.66. The second-order valence-electron chi connectivity index (χ2n) is 5.10. The van der Waals surface area contributed by atoms with Crippen molar-refractivity contribution < 1.29 is 4.79 Å². The number of nitrogens with one attached hydrogen (secondary N) is 1. The van der Waals surface area contributed by atoms with Crippen molar-refractivity contribution in [3.05, 3.63) is 59.1 Å². The van der Waals surface area contributed by atoms with Crippen LogP contribution in [0.25, 0.3) is 0 Å². The fraction of sp³-hybridized carbons (Fsp3) is 0.235. The molecule has 0 radical (unpaired) electrons. The molecule has 2 aromatic rings. The van der Waals surface area contributed by atoms with Gasteiger partial charge in [-0.2, -0.15) is 0 Å². The topological polar surface area (TPSA) is 32.3 Å². The van der Waals surface area contributed by atoms with Gasteiger partial charge in [-0.3, -0.25) is 0 Å². The molecule has 0 spiro atoms. The van der Waals surface area contributed by atoms with Gasteiger partial charge in [0.25, 0.3) is 0 Å². The highest BCUT2D eigenvalue weighted by atomic mass is 35.5. The predicted octanol–water partition coefficient (Wildman–Crippen LogP) is 5.34. The van der Waals surface area contributed by atoms with Crippen molar-refractivity contribution in [2.24, 2.45) is 0 Å². The molecule has 1 heterocycles. The third-order valence-electron chi connectivity index (χ3n) is 3.64. The average molecular weight is 365 g/mol. The molecule has 1 saturated heterocycles. The quantitative estimate of drug-likeness (QED) is 0.746. The highest BCUT2D eigenvalue weighted by Crippen LogP contribution is 2.41. The summed E-state index contributed by atoms with van der Waals surface area (Å²) in [5.74, 6) is 0.911. The maximum atomic E-state index is 12.7. The van der Waals surface area contributed by atoms with E-state index in [2.05, 4.69) is 5.32 Å². The molecule has 2 amide bonds. The summed E-state index contributed by atoms with van der Waals surface area (Å²) in [4.78, 5) is 15.6. The number of anilines is 1. The van der Waals surface area contributed by atoms with Crippen molar-refractivity contribution in [2.75, 3.05) is 23.9 Å². The molecule has 120 valence electrons. The van der Waals surface area contributed by atoms with E-state index in [1.54, 1.807) is 23.5 Å². The number of nitrogens with zero attached hydrogens (tertiary/aromatic N) is 1. The summed E-state index contributed by atoms with van der Waals surface area (Å²) in [7, 11) is 0. The molecule has 0 aliphatic carbocycles. The van der Waals surface area contributed by atoms with Gasteiger partial charge in [0.1, 0.15) is 5.37 Å². The van der Waals surface area contributed by atoms with E-state index in [-0.39, 0.29) is 11.4 Å². The van der Waals surface area contributed by atoms with E-state index < -0.39 is 0 Å². The average Bonchev–Trinajstić information content (AvgIpc) is 3.05. The van der Waals surface area contributed by atoms with Crippen LogP contribution in [0.5, 0.6) is 0 Å². The van der Waals surface area contributed by atoms with E-state index in [4.69, 9.17) is 11.6 Å². The Labute approximate surface area is 149 Å². The highest BCUT2D eigenvalue weighted by molar-refractivity contribution is 7.99. The first kappa shape index (κ1) is 16.6. The van der Waals surface area contributed by atoms with Gasteiger partial charge in [-0.1, -0.05) is 35.9 Å². The molecule has 1 aliphatic rings. The largest absolute Gasteiger partial charge is 0.323 e. The van der Waals surface area contributed by atoms with Gasteiger partial charge in [-0.25, -0.2) is 4.79 Å². The van der Waals surface area contributed by atoms with Crippen molar-refractivity contribution in [2.45, 2.75) is 10.3 Å². The van der Waals surface area contributed by atoms with E-state index in [0.717, 1.165) is 21.9 Å². The summed E-state index contributed by atoms with van der Waals surface area (Å²) in [5.41, 5.74) is 1.81. The number of amides is 2. The van der Waals surface area contributed by atoms with Gasteiger partial charge >= 0.3 is 6.03 Å². The van der Waals surface area contributed by atoms with Crippen molar-refractivity contribution in [1.82, 2.24) is 4.90 Å². The Morgan fingerprint density at radius 2 is 2.13 bits per heavy atom. The normalized spacial score (nSPS) is 17.3. The van der Waals surface area contributed by atoms with E-state index in [1.807, 2.05) is 59.7 Å². The summed E-state index contributed by atoms with van der Waals surface area (Å²) < 4.78 is 0. The van der Waals surface area contributed by atoms with Gasteiger partial charge < -0.3 is 10.2 Å². The van der Waals surface area contributed by atoms with Crippen LogP contribution in [-0.2, 0) is 0 Å². The van der Waals surface area contributed by atoms with E-state index >= 15 is 0 Å². The fourth-order valence-electron chi connectivity index (χ4n) is 2.51. The number of urea groups is 1. The third-order valence-corrected chi connectivity index (χ3v) is 5.96. The third kappa shape index (κ3) is 3.79. The predicted molar refractivity (Wildman–Crippen MR) is 101 cm³/mol. The second-order valence-corrected chi connectivity index (χ2v) is 7.58. The van der Waals surface area contributed by atoms with Crippen LogP contribution in [0.1, 0.15) is 10.9 Å². The minimum Gasteiger partial charge on any atom is -0.308 e. The number of halogens is 1. The van der Waals surface area contributed by atoms with Gasteiger partial charge in [0.15, 0.2) is 0 Å². The zero-order chi connectivity index (χ0) is 16.2. The lowest BCUT2D eigenvalue weighted by Gasteiger charge is -2.25. The molecule has 1 N–H and O–H groups in total. The number of rotatable bonds is 3. The van der Waals surface area contributed by atoms with Crippen LogP contribution < -0.4 is 5.32 Å². The van der Waals surface area contributed by atoms with Crippen molar-refractivity contribution in [3.8, 4) is 0 Å². The molecule has 1 fully saturated rings. The highest BCUT2D eigenvalue weighted by Gasteiger charge is 2.31. The van der Waals surface area contributed by atoms with E-state index in [9.17, 15) is 4.79 Å². The van der Waals surface area contributed by atoms with Crippen LogP contribution >= 0.6 is 35.1 Å². The number of benzene rings is 2. The molecular formula is C17H17ClN2OS2. The fourth-order valence-corrected chi connectivity index (χ4v) is 4.56. The van der Waals surface area contributed by atoms with E-state index in [1.165, 1.54) is 0 Å². The Morgan fingerprint density at radius 1 is 1.30 bits per heavy atom. The molecule has 0 aromatic heterocycles. The molecule has 3 nitrogen and oxygen atoms in total. The maximum Gasteiger partial charge on any atom is 0.323 e. The van der Waals surface area contributed by atoms with Crippen LogP contribution in [0.15, 0.2) is 53.4 Å². The van der Waals surface area contributed by atoms with Crippen molar-refractivity contribution >= 4 is 46.8 Å². The molecule has 23 heavy (non-hydrogen) atoms. The van der Waals surface area contributed by atoms with Crippen LogP contribution in [0.4, 0.5) is 10.5 Å². The van der Waals surface area contributed by atoms with Crippen LogP contribution in [0.2, 0.25) is 5.02 Å². The van der Waals surface area contributed by atoms with Gasteiger partial charge in [0.2, 0.25) is 0 Å². The van der Waals surface area contributed by atoms with E-state index in [0.29, 0.717) is 11.6 Å². The van der Waals surface area contributed by atoms with Gasteiger partial charge in [0, 0.05) is 33.5 Å². The Morgan fingerprint density at radius 3 is 2.91 bits per heavy atom. The number of carbonyl (C=O) groups is 1. The summed E-state index contributed by atoms with van der Waals surface area (Å²) >= 11 is 9.70. The minimum atomic E-state index is -0.0850. The lowest BCUT2D eigenvalue weighted by Crippen LogP contribution is -2.34. The Balaban J connectivity index is 1.77. The second kappa shape index (κ2) is 7.51. The minimum absolute atomic E-state index is 0.0348. The maximum absolute atomic E-state index is 12.7. The van der Waals surface area contributed by atoms with Gasteiger partial charge in [0.05, 0.1) is 0 Å². The molecule has 1 atom stereocenters. The van der Waals surface area contributed by atoms with Crippen molar-refractivity contribution in [1.29, 1.82) is 0 Å². The monoisotopic (exact) mass is 364 g/mol. The Kier molecular flexibility index (Phi) is 5.41. The van der Waals surface area contributed by atoms with Gasteiger partial charge in [-0.15, -0.1) is 23.5 Å². The SMILES string of the molecule is CSc1cccc(NC(=O)N2CCSC2c2ccccc2Cl)c1. The molecular weight excluding hydrogens is 348 g/mol. The summed E-state index contributed by atoms with van der Waals surface area (Å²) in [6, 6.07) is 15.5. The van der Waals surface area contributed by atoms with Gasteiger partial charge in [-0.05, 0) is 30.5 Å². The molecule has 1 unspecified atom stereocenters. The van der Waals surface area contributed by atoms with Crippen LogP contribution in [0, 0.1) is 0 Å². The summed E-state index contributed by atoms with van der Waals surface area (Å²) in [6.07, 6.45) is 2.02. The molecule has 6 heteroatoms. The molecule has 3 rings (SSSR count). The number of hydrogen-bond acceptors (Lipinski definition) is 3. The lowest BCUT2D eigenvalue weighted by molar-refractivity contribution is 0.214. The molecule has 0 bridgehead atoms. The number of carbonyl (C=O) groups excluding carboxylic acids is 1. The molecule has 1 aliphatic heterocycles. The zero-order valence-electron chi connectivity index (χ0n) is 12.7. The van der Waals surface area contributed by atoms with Crippen molar-refractivity contribution in [3.63, 3.8) is 0 Å². The number of hydrogen-bond donors (Lipinski definition) is 1. The first-order chi connectivity index (χ1) is 11.2. The molecule has 0 saturated carbocycles. The van der Waals surface area contributed by atoms with Crippen LogP contribution in [0.3, 0.4) is 0 Å². The molecule has 2 aromatic carbocycles. The summed E-state index contributed by atoms with van der Waals surface area (Å²) in [6.45, 7) is 0.717. The smallest absolute Gasteiger partial charge is 0.308 e. The Bertz CT molecular complexity index is 710. The number of thioether (sulfide) groups is 2. The first-order valence-electron chi connectivity index (χ1n) is 7.27. The lowest BCUT2D eigenvalue weighted by atomic mass is 10.2. The first-order valence-corrected chi connectivity index (χ1v) is 9.92. The standard InChI is InChI=1S/C17H17ClN2OS2/c1-22-13-6-4-5-12(11-13)19-17(21)20-9-10-23-16(20)14-7-2-3-8-15(14)18/h2-8,11,16H,9-10H2,1H3,(H,19,21). The zero-order valence-corrected chi connectivity index (χ0v) is 15.0. The Hall–Kier alpha value is -1.30.